The molecule has 0 amide bonds. The highest BCUT2D eigenvalue weighted by atomic mass is 15.2. The number of hydrogen-bond donors (Lipinski definition) is 0. The SMILES string of the molecule is C=C.CC.Cc1ccn2nccc2n1. The second kappa shape index (κ2) is 6.83. The first-order valence-electron chi connectivity index (χ1n) is 4.63. The zero-order valence-electron chi connectivity index (χ0n) is 9.07. The Balaban J connectivity index is 0.000000379. The fraction of sp³-hybridized carbons (Fsp3) is 0.273. The predicted octanol–water partition coefficient (Wildman–Crippen LogP) is 2.87. The number of rotatable bonds is 0. The van der Waals surface area contributed by atoms with Gasteiger partial charge < -0.3 is 0 Å². The summed E-state index contributed by atoms with van der Waals surface area (Å²) in [6.45, 7) is 12.0. The van der Waals surface area contributed by atoms with E-state index < -0.39 is 0 Å². The molecule has 0 N–H and O–H groups in total. The summed E-state index contributed by atoms with van der Waals surface area (Å²) in [5, 5.41) is 4.01. The zero-order valence-corrected chi connectivity index (χ0v) is 9.07. The minimum atomic E-state index is 0.903. The Morgan fingerprint density at radius 3 is 2.50 bits per heavy atom. The van der Waals surface area contributed by atoms with E-state index in [-0.39, 0.29) is 0 Å². The Bertz CT molecular complexity index is 365. The van der Waals surface area contributed by atoms with Gasteiger partial charge in [-0.1, -0.05) is 13.8 Å². The van der Waals surface area contributed by atoms with Gasteiger partial charge in [0.2, 0.25) is 0 Å². The van der Waals surface area contributed by atoms with Crippen molar-refractivity contribution in [3.63, 3.8) is 0 Å². The summed E-state index contributed by atoms with van der Waals surface area (Å²) < 4.78 is 1.74. The molecule has 0 atom stereocenters. The van der Waals surface area contributed by atoms with Crippen LogP contribution in [0.2, 0.25) is 0 Å². The lowest BCUT2D eigenvalue weighted by atomic mass is 10.4. The number of aryl methyl sites for hydroxylation is 1. The van der Waals surface area contributed by atoms with Crippen molar-refractivity contribution in [3.05, 3.63) is 43.4 Å². The molecule has 3 heteroatoms. The summed E-state index contributed by atoms with van der Waals surface area (Å²) in [5.74, 6) is 0. The zero-order chi connectivity index (χ0) is 11.0. The van der Waals surface area contributed by atoms with Gasteiger partial charge in [-0.2, -0.15) is 5.10 Å². The van der Waals surface area contributed by atoms with Crippen LogP contribution in [0.5, 0.6) is 0 Å². The molecule has 2 rings (SSSR count). The first-order chi connectivity index (χ1) is 6.86. The molecule has 3 nitrogen and oxygen atoms in total. The Kier molecular flexibility index (Phi) is 6.03. The second-order valence-corrected chi connectivity index (χ2v) is 2.20. The maximum Gasteiger partial charge on any atom is 0.155 e. The van der Waals surface area contributed by atoms with E-state index in [1.54, 1.807) is 10.7 Å². The molecule has 0 saturated heterocycles. The molecule has 2 aromatic heterocycles. The highest BCUT2D eigenvalue weighted by Crippen LogP contribution is 1.98. The second-order valence-electron chi connectivity index (χ2n) is 2.20. The van der Waals surface area contributed by atoms with Crippen LogP contribution in [0.15, 0.2) is 37.7 Å². The van der Waals surface area contributed by atoms with E-state index in [0.29, 0.717) is 0 Å². The van der Waals surface area contributed by atoms with Crippen LogP contribution >= 0.6 is 0 Å². The Labute approximate surface area is 85.1 Å². The van der Waals surface area contributed by atoms with E-state index in [1.165, 1.54) is 0 Å². The maximum atomic E-state index is 4.24. The molecule has 0 radical (unpaired) electrons. The van der Waals surface area contributed by atoms with Crippen molar-refractivity contribution < 1.29 is 0 Å². The van der Waals surface area contributed by atoms with E-state index in [0.717, 1.165) is 11.3 Å². The van der Waals surface area contributed by atoms with Gasteiger partial charge in [-0.15, -0.1) is 13.2 Å². The van der Waals surface area contributed by atoms with Crippen molar-refractivity contribution in [1.82, 2.24) is 14.6 Å². The largest absolute Gasteiger partial charge is 0.234 e. The van der Waals surface area contributed by atoms with Crippen molar-refractivity contribution in [2.75, 3.05) is 0 Å². The third-order valence-corrected chi connectivity index (χ3v) is 1.40. The Morgan fingerprint density at radius 1 is 1.21 bits per heavy atom. The van der Waals surface area contributed by atoms with Gasteiger partial charge in [-0.3, -0.25) is 0 Å². The van der Waals surface area contributed by atoms with E-state index in [1.807, 2.05) is 39.1 Å². The normalized spacial score (nSPS) is 8.21. The van der Waals surface area contributed by atoms with Crippen LogP contribution < -0.4 is 0 Å². The average molecular weight is 191 g/mol. The van der Waals surface area contributed by atoms with Gasteiger partial charge in [0, 0.05) is 18.0 Å². The predicted molar refractivity (Wildman–Crippen MR) is 60.3 cm³/mol. The van der Waals surface area contributed by atoms with Crippen molar-refractivity contribution in [3.8, 4) is 0 Å². The van der Waals surface area contributed by atoms with E-state index in [9.17, 15) is 0 Å². The fourth-order valence-corrected chi connectivity index (χ4v) is 0.907. The summed E-state index contributed by atoms with van der Waals surface area (Å²) >= 11 is 0. The fourth-order valence-electron chi connectivity index (χ4n) is 0.907. The molecule has 14 heavy (non-hydrogen) atoms. The number of fused-ring (bicyclic) bond motifs is 1. The number of aromatic nitrogens is 3. The summed E-state index contributed by atoms with van der Waals surface area (Å²) in [5.41, 5.74) is 1.92. The van der Waals surface area contributed by atoms with Gasteiger partial charge >= 0.3 is 0 Å². The molecule has 0 spiro atoms. The van der Waals surface area contributed by atoms with Crippen LogP contribution in [0, 0.1) is 6.92 Å². The van der Waals surface area contributed by atoms with Crippen LogP contribution in [-0.4, -0.2) is 14.6 Å². The molecule has 2 aromatic rings. The highest BCUT2D eigenvalue weighted by Gasteiger charge is 1.91. The lowest BCUT2D eigenvalue weighted by Gasteiger charge is -1.91. The van der Waals surface area contributed by atoms with Crippen LogP contribution in [-0.2, 0) is 0 Å². The lowest BCUT2D eigenvalue weighted by Crippen LogP contribution is -1.89. The number of hydrogen-bond acceptors (Lipinski definition) is 2. The smallest absolute Gasteiger partial charge is 0.155 e. The van der Waals surface area contributed by atoms with Crippen molar-refractivity contribution in [1.29, 1.82) is 0 Å². The van der Waals surface area contributed by atoms with Crippen LogP contribution in [0.4, 0.5) is 0 Å². The molecular weight excluding hydrogens is 174 g/mol. The van der Waals surface area contributed by atoms with Gasteiger partial charge in [0.15, 0.2) is 5.65 Å². The molecular formula is C11H17N3. The van der Waals surface area contributed by atoms with Crippen molar-refractivity contribution in [2.24, 2.45) is 0 Å². The molecule has 0 saturated carbocycles. The molecule has 0 aliphatic heterocycles. The highest BCUT2D eigenvalue weighted by molar-refractivity contribution is 5.35. The van der Waals surface area contributed by atoms with E-state index >= 15 is 0 Å². The van der Waals surface area contributed by atoms with E-state index in [2.05, 4.69) is 23.2 Å². The molecule has 0 unspecified atom stereocenters. The van der Waals surface area contributed by atoms with Crippen LogP contribution in [0.3, 0.4) is 0 Å². The van der Waals surface area contributed by atoms with Crippen LogP contribution in [0.1, 0.15) is 19.5 Å². The minimum Gasteiger partial charge on any atom is -0.234 e. The molecule has 2 heterocycles. The molecule has 0 aliphatic rings. The van der Waals surface area contributed by atoms with Gasteiger partial charge in [0.05, 0.1) is 6.20 Å². The van der Waals surface area contributed by atoms with Crippen molar-refractivity contribution >= 4 is 5.65 Å². The molecule has 0 aliphatic carbocycles. The van der Waals surface area contributed by atoms with Gasteiger partial charge in [-0.25, -0.2) is 9.50 Å². The van der Waals surface area contributed by atoms with Gasteiger partial charge in [0.25, 0.3) is 0 Å². The standard InChI is InChI=1S/C7H7N3.C2H6.C2H4/c1-6-3-5-10-7(9-6)2-4-8-10;2*1-2/h2-5H,1H3;1-2H3;1-2H2. The summed E-state index contributed by atoms with van der Waals surface area (Å²) in [7, 11) is 0. The lowest BCUT2D eigenvalue weighted by molar-refractivity contribution is 0.929. The average Bonchev–Trinajstić information content (AvgIpc) is 2.71. The summed E-state index contributed by atoms with van der Waals surface area (Å²) in [6.07, 6.45) is 3.64. The first kappa shape index (κ1) is 12.4. The summed E-state index contributed by atoms with van der Waals surface area (Å²) in [6, 6.07) is 3.81. The topological polar surface area (TPSA) is 30.2 Å². The van der Waals surface area contributed by atoms with E-state index in [4.69, 9.17) is 0 Å². The van der Waals surface area contributed by atoms with Crippen LogP contribution in [0.25, 0.3) is 5.65 Å². The molecule has 76 valence electrons. The third kappa shape index (κ3) is 3.01. The maximum absolute atomic E-state index is 4.24. The van der Waals surface area contributed by atoms with Gasteiger partial charge in [-0.05, 0) is 13.0 Å². The monoisotopic (exact) mass is 191 g/mol. The molecule has 0 aromatic carbocycles. The minimum absolute atomic E-state index is 0.903. The first-order valence-corrected chi connectivity index (χ1v) is 4.63. The van der Waals surface area contributed by atoms with Crippen molar-refractivity contribution in [2.45, 2.75) is 20.8 Å². The number of nitrogens with zero attached hydrogens (tertiary/aromatic N) is 3. The Hall–Kier alpha value is -1.64. The Morgan fingerprint density at radius 2 is 1.86 bits per heavy atom. The summed E-state index contributed by atoms with van der Waals surface area (Å²) in [4.78, 5) is 4.24. The molecule has 0 fully saturated rings. The third-order valence-electron chi connectivity index (χ3n) is 1.40. The molecule has 0 bridgehead atoms. The van der Waals surface area contributed by atoms with Gasteiger partial charge in [0.1, 0.15) is 0 Å². The quantitative estimate of drug-likeness (QED) is 0.599.